The topological polar surface area (TPSA) is 63.8 Å². The Bertz CT molecular complexity index is 342. The van der Waals surface area contributed by atoms with Gasteiger partial charge in [0.15, 0.2) is 6.54 Å². The van der Waals surface area contributed by atoms with Gasteiger partial charge >= 0.3 is 5.97 Å². The lowest BCUT2D eigenvalue weighted by molar-refractivity contribution is -0.509. The quantitative estimate of drug-likeness (QED) is 0.427. The van der Waals surface area contributed by atoms with Gasteiger partial charge in [0.1, 0.15) is 19.6 Å². The van der Waals surface area contributed by atoms with E-state index in [4.69, 9.17) is 10.2 Å². The summed E-state index contributed by atoms with van der Waals surface area (Å²) in [6.45, 7) is 4.64. The summed E-state index contributed by atoms with van der Waals surface area (Å²) < 4.78 is 1.95. The number of hydrogen-bond acceptors (Lipinski definition) is 3. The van der Waals surface area contributed by atoms with Crippen LogP contribution in [0, 0.1) is 0 Å². The SMILES string of the molecule is CCCCCCCCCC1=[N+](CC(=O)O)CCN1CCO. The molecule has 1 heterocycles. The van der Waals surface area contributed by atoms with E-state index in [1.54, 1.807) is 0 Å². The lowest BCUT2D eigenvalue weighted by Crippen LogP contribution is -2.33. The number of hydrogen-bond donors (Lipinski definition) is 2. The summed E-state index contributed by atoms with van der Waals surface area (Å²) in [6, 6.07) is 0. The van der Waals surface area contributed by atoms with Gasteiger partial charge in [-0.2, -0.15) is 0 Å². The van der Waals surface area contributed by atoms with Crippen molar-refractivity contribution in [2.24, 2.45) is 0 Å². The maximum Gasteiger partial charge on any atom is 0.345 e. The molecule has 0 aromatic rings. The molecule has 0 amide bonds. The highest BCUT2D eigenvalue weighted by Gasteiger charge is 2.30. The Morgan fingerprint density at radius 2 is 1.86 bits per heavy atom. The van der Waals surface area contributed by atoms with E-state index in [0.717, 1.165) is 31.8 Å². The Balaban J connectivity index is 2.36. The second kappa shape index (κ2) is 10.6. The number of unbranched alkanes of at least 4 members (excludes halogenated alkanes) is 6. The van der Waals surface area contributed by atoms with Crippen LogP contribution in [0.3, 0.4) is 0 Å². The van der Waals surface area contributed by atoms with Gasteiger partial charge in [-0.3, -0.25) is 9.48 Å². The number of aliphatic hydroxyl groups is 1. The molecular formula is C16H31N2O3+. The fourth-order valence-electron chi connectivity index (χ4n) is 2.95. The Hall–Kier alpha value is -1.10. The monoisotopic (exact) mass is 299 g/mol. The second-order valence-electron chi connectivity index (χ2n) is 5.81. The van der Waals surface area contributed by atoms with Gasteiger partial charge in [-0.15, -0.1) is 0 Å². The van der Waals surface area contributed by atoms with Crippen molar-refractivity contribution in [3.8, 4) is 0 Å². The zero-order valence-corrected chi connectivity index (χ0v) is 13.4. The van der Waals surface area contributed by atoms with Crippen LogP contribution in [0.15, 0.2) is 0 Å². The molecule has 5 heteroatoms. The van der Waals surface area contributed by atoms with Gasteiger partial charge < -0.3 is 10.2 Å². The predicted octanol–water partition coefficient (Wildman–Crippen LogP) is 1.93. The van der Waals surface area contributed by atoms with Crippen LogP contribution in [0.25, 0.3) is 0 Å². The number of aliphatic carboxylic acids is 1. The van der Waals surface area contributed by atoms with E-state index in [1.165, 1.54) is 38.5 Å². The van der Waals surface area contributed by atoms with Crippen molar-refractivity contribution in [3.63, 3.8) is 0 Å². The third kappa shape index (κ3) is 6.93. The first-order chi connectivity index (χ1) is 10.2. The minimum absolute atomic E-state index is 0.0771. The largest absolute Gasteiger partial charge is 0.478 e. The summed E-state index contributed by atoms with van der Waals surface area (Å²) >= 11 is 0. The van der Waals surface area contributed by atoms with E-state index in [2.05, 4.69) is 11.8 Å². The molecule has 0 unspecified atom stereocenters. The summed E-state index contributed by atoms with van der Waals surface area (Å²) in [5.41, 5.74) is 0. The molecule has 5 nitrogen and oxygen atoms in total. The Labute approximate surface area is 128 Å². The van der Waals surface area contributed by atoms with Gasteiger partial charge in [0.05, 0.1) is 6.61 Å². The molecule has 0 saturated heterocycles. The third-order valence-electron chi connectivity index (χ3n) is 4.07. The number of carboxylic acids is 1. The van der Waals surface area contributed by atoms with Gasteiger partial charge in [-0.1, -0.05) is 45.4 Å². The Morgan fingerprint density at radius 3 is 2.48 bits per heavy atom. The molecule has 0 radical (unpaired) electrons. The number of carboxylic acid groups (broad SMARTS) is 1. The van der Waals surface area contributed by atoms with E-state index in [9.17, 15) is 4.79 Å². The van der Waals surface area contributed by atoms with Crippen molar-refractivity contribution in [1.82, 2.24) is 4.90 Å². The van der Waals surface area contributed by atoms with Crippen LogP contribution in [0.2, 0.25) is 0 Å². The molecule has 0 aromatic heterocycles. The molecule has 1 aliphatic heterocycles. The number of amidine groups is 1. The molecule has 0 fully saturated rings. The van der Waals surface area contributed by atoms with E-state index in [0.29, 0.717) is 6.54 Å². The fraction of sp³-hybridized carbons (Fsp3) is 0.875. The highest BCUT2D eigenvalue weighted by molar-refractivity contribution is 5.79. The van der Waals surface area contributed by atoms with Gasteiger partial charge in [-0.05, 0) is 6.42 Å². The zero-order valence-electron chi connectivity index (χ0n) is 13.4. The second-order valence-corrected chi connectivity index (χ2v) is 5.81. The third-order valence-corrected chi connectivity index (χ3v) is 4.07. The number of rotatable bonds is 12. The first-order valence-corrected chi connectivity index (χ1v) is 8.37. The van der Waals surface area contributed by atoms with Crippen LogP contribution >= 0.6 is 0 Å². The summed E-state index contributed by atoms with van der Waals surface area (Å²) in [7, 11) is 0. The van der Waals surface area contributed by atoms with Gasteiger partial charge in [0, 0.05) is 6.42 Å². The van der Waals surface area contributed by atoms with E-state index in [1.807, 2.05) is 4.58 Å². The number of carbonyl (C=O) groups is 1. The van der Waals surface area contributed by atoms with Crippen molar-refractivity contribution in [2.45, 2.75) is 58.3 Å². The summed E-state index contributed by atoms with van der Waals surface area (Å²) in [5, 5.41) is 18.1. The zero-order chi connectivity index (χ0) is 15.5. The Morgan fingerprint density at radius 1 is 1.19 bits per heavy atom. The number of nitrogens with zero attached hydrogens (tertiary/aromatic N) is 2. The van der Waals surface area contributed by atoms with Crippen LogP contribution < -0.4 is 0 Å². The highest BCUT2D eigenvalue weighted by atomic mass is 16.4. The first kappa shape index (κ1) is 18.0. The standard InChI is InChI=1S/C16H30N2O3/c1-2-3-4-5-6-7-8-9-15-17(12-13-19)10-11-18(15)14-16(20)21/h19H,2-14H2,1H3/p+1. The van der Waals surface area contributed by atoms with Crippen molar-refractivity contribution in [1.29, 1.82) is 0 Å². The smallest absolute Gasteiger partial charge is 0.345 e. The van der Waals surface area contributed by atoms with Crippen molar-refractivity contribution in [3.05, 3.63) is 0 Å². The maximum atomic E-state index is 10.9. The molecule has 2 N–H and O–H groups in total. The molecular weight excluding hydrogens is 268 g/mol. The maximum absolute atomic E-state index is 10.9. The van der Waals surface area contributed by atoms with E-state index < -0.39 is 5.97 Å². The van der Waals surface area contributed by atoms with E-state index >= 15 is 0 Å². The molecule has 0 saturated carbocycles. The van der Waals surface area contributed by atoms with Gasteiger partial charge in [-0.25, -0.2) is 4.79 Å². The van der Waals surface area contributed by atoms with Gasteiger partial charge in [0.25, 0.3) is 0 Å². The van der Waals surface area contributed by atoms with Crippen LogP contribution in [-0.2, 0) is 4.79 Å². The van der Waals surface area contributed by atoms with Crippen LogP contribution in [0.4, 0.5) is 0 Å². The molecule has 122 valence electrons. The van der Waals surface area contributed by atoms with Gasteiger partial charge in [0.2, 0.25) is 5.84 Å². The van der Waals surface area contributed by atoms with Crippen molar-refractivity contribution >= 4 is 11.8 Å². The lowest BCUT2D eigenvalue weighted by Gasteiger charge is -2.12. The molecule has 0 aromatic carbocycles. The van der Waals surface area contributed by atoms with Crippen LogP contribution in [0.5, 0.6) is 0 Å². The normalized spacial score (nSPS) is 15.0. The average molecular weight is 299 g/mol. The van der Waals surface area contributed by atoms with Crippen LogP contribution in [0.1, 0.15) is 58.3 Å². The summed E-state index contributed by atoms with van der Waals surface area (Å²) in [5.74, 6) is 0.331. The van der Waals surface area contributed by atoms with Crippen LogP contribution in [-0.4, -0.2) is 64.3 Å². The molecule has 1 rings (SSSR count). The molecule has 0 bridgehead atoms. The summed E-state index contributed by atoms with van der Waals surface area (Å²) in [4.78, 5) is 13.1. The highest BCUT2D eigenvalue weighted by Crippen LogP contribution is 2.12. The number of aliphatic hydroxyl groups excluding tert-OH is 1. The molecule has 21 heavy (non-hydrogen) atoms. The molecule has 1 aliphatic rings. The lowest BCUT2D eigenvalue weighted by atomic mass is 10.1. The minimum Gasteiger partial charge on any atom is -0.478 e. The molecule has 0 atom stereocenters. The van der Waals surface area contributed by atoms with Crippen molar-refractivity contribution < 1.29 is 19.6 Å². The predicted molar refractivity (Wildman–Crippen MR) is 83.9 cm³/mol. The molecule has 0 spiro atoms. The Kier molecular flexibility index (Phi) is 9.06. The molecule has 0 aliphatic carbocycles. The fourth-order valence-corrected chi connectivity index (χ4v) is 2.95. The first-order valence-electron chi connectivity index (χ1n) is 8.37. The number of β-amino-alcohol motifs (C(OH)–C–C–N with tert-alkyl or cyclic N) is 1. The average Bonchev–Trinajstić information content (AvgIpc) is 2.80. The summed E-state index contributed by atoms with van der Waals surface area (Å²) in [6.07, 6.45) is 9.76. The minimum atomic E-state index is -0.780. The van der Waals surface area contributed by atoms with E-state index in [-0.39, 0.29) is 13.2 Å². The van der Waals surface area contributed by atoms with Crippen molar-refractivity contribution in [2.75, 3.05) is 32.8 Å².